The maximum Gasteiger partial charge on any atom is 0.306 e. The Bertz CT molecular complexity index is 192. The summed E-state index contributed by atoms with van der Waals surface area (Å²) in [7, 11) is 0. The van der Waals surface area contributed by atoms with Crippen LogP contribution in [0.25, 0.3) is 4.85 Å². The molecular formula is C7H11NO3. The van der Waals surface area contributed by atoms with Crippen LogP contribution in [0.2, 0.25) is 0 Å². The van der Waals surface area contributed by atoms with Crippen molar-refractivity contribution in [2.75, 3.05) is 0 Å². The van der Waals surface area contributed by atoms with Gasteiger partial charge < -0.3 is 15.1 Å². The fourth-order valence-corrected chi connectivity index (χ4v) is 0.490. The summed E-state index contributed by atoms with van der Waals surface area (Å²) in [6.45, 7) is 9.67. The van der Waals surface area contributed by atoms with E-state index >= 15 is 0 Å². The maximum atomic E-state index is 10.1. The van der Waals surface area contributed by atoms with Gasteiger partial charge >= 0.3 is 5.97 Å². The predicted octanol–water partition coefficient (Wildman–Crippen LogP) is 0.520. The fraction of sp³-hybridized carbons (Fsp3) is 0.714. The molecule has 0 bridgehead atoms. The van der Waals surface area contributed by atoms with Gasteiger partial charge in [-0.1, -0.05) is 0 Å². The van der Waals surface area contributed by atoms with Crippen LogP contribution in [0.1, 0.15) is 20.3 Å². The molecule has 0 aromatic carbocycles. The van der Waals surface area contributed by atoms with E-state index in [2.05, 4.69) is 4.85 Å². The van der Waals surface area contributed by atoms with Gasteiger partial charge in [0.25, 0.3) is 5.54 Å². The van der Waals surface area contributed by atoms with Gasteiger partial charge in [0, 0.05) is 13.8 Å². The molecule has 0 aromatic heterocycles. The minimum absolute atomic E-state index is 0.380. The van der Waals surface area contributed by atoms with Crippen LogP contribution < -0.4 is 0 Å². The van der Waals surface area contributed by atoms with Gasteiger partial charge in [0.05, 0.1) is 6.42 Å². The number of carboxylic acids is 1. The van der Waals surface area contributed by atoms with Gasteiger partial charge in [-0.05, 0) is 0 Å². The molecular weight excluding hydrogens is 146 g/mol. The Labute approximate surface area is 65.3 Å². The lowest BCUT2D eigenvalue weighted by Gasteiger charge is -2.16. The molecule has 0 saturated heterocycles. The lowest BCUT2D eigenvalue weighted by Crippen LogP contribution is -2.34. The van der Waals surface area contributed by atoms with Crippen molar-refractivity contribution in [2.45, 2.75) is 31.9 Å². The lowest BCUT2D eigenvalue weighted by atomic mass is 9.96. The van der Waals surface area contributed by atoms with Crippen molar-refractivity contribution in [1.29, 1.82) is 0 Å². The zero-order valence-electron chi connectivity index (χ0n) is 6.53. The summed E-state index contributed by atoms with van der Waals surface area (Å²) in [5, 5.41) is 17.4. The second-order valence-corrected chi connectivity index (χ2v) is 2.88. The molecule has 0 saturated carbocycles. The van der Waals surface area contributed by atoms with Crippen LogP contribution >= 0.6 is 0 Å². The van der Waals surface area contributed by atoms with Crippen LogP contribution in [0.15, 0.2) is 0 Å². The van der Waals surface area contributed by atoms with Crippen LogP contribution in [-0.4, -0.2) is 27.8 Å². The van der Waals surface area contributed by atoms with Gasteiger partial charge in [0.1, 0.15) is 6.10 Å². The van der Waals surface area contributed by atoms with Crippen molar-refractivity contribution in [3.63, 3.8) is 0 Å². The summed E-state index contributed by atoms with van der Waals surface area (Å²) < 4.78 is 0. The van der Waals surface area contributed by atoms with E-state index in [1.807, 2.05) is 0 Å². The maximum absolute atomic E-state index is 10.1. The van der Waals surface area contributed by atoms with E-state index in [9.17, 15) is 4.79 Å². The van der Waals surface area contributed by atoms with Gasteiger partial charge in [-0.2, -0.15) is 0 Å². The minimum Gasteiger partial charge on any atom is -0.481 e. The summed E-state index contributed by atoms with van der Waals surface area (Å²) in [6.07, 6.45) is -1.48. The van der Waals surface area contributed by atoms with E-state index < -0.39 is 17.6 Å². The molecule has 0 radical (unpaired) electrons. The highest BCUT2D eigenvalue weighted by molar-refractivity contribution is 5.67. The van der Waals surface area contributed by atoms with Gasteiger partial charge in [-0.3, -0.25) is 4.79 Å². The van der Waals surface area contributed by atoms with Crippen molar-refractivity contribution >= 4 is 5.97 Å². The minimum atomic E-state index is -1.10. The third-order valence-electron chi connectivity index (χ3n) is 1.47. The Balaban J connectivity index is 4.15. The van der Waals surface area contributed by atoms with E-state index in [4.69, 9.17) is 16.8 Å². The molecule has 0 aliphatic heterocycles. The average molecular weight is 157 g/mol. The van der Waals surface area contributed by atoms with Crippen molar-refractivity contribution in [3.05, 3.63) is 11.4 Å². The molecule has 4 nitrogen and oxygen atoms in total. The quantitative estimate of drug-likeness (QED) is 0.587. The van der Waals surface area contributed by atoms with Crippen LogP contribution in [-0.2, 0) is 4.79 Å². The molecule has 1 unspecified atom stereocenters. The van der Waals surface area contributed by atoms with Crippen molar-refractivity contribution in [1.82, 2.24) is 0 Å². The number of aliphatic carboxylic acids is 1. The molecule has 4 heteroatoms. The summed E-state index contributed by atoms with van der Waals surface area (Å²) in [5.41, 5.74) is -1.00. The molecule has 0 amide bonds. The zero-order valence-corrected chi connectivity index (χ0v) is 6.53. The SMILES string of the molecule is [C-]#[N+]C(C)(C)C(O)CC(=O)O. The Hall–Kier alpha value is -1.08. The fourth-order valence-electron chi connectivity index (χ4n) is 0.490. The topological polar surface area (TPSA) is 61.9 Å². The smallest absolute Gasteiger partial charge is 0.306 e. The largest absolute Gasteiger partial charge is 0.481 e. The summed E-state index contributed by atoms with van der Waals surface area (Å²) in [4.78, 5) is 13.2. The molecule has 0 rings (SSSR count). The van der Waals surface area contributed by atoms with Crippen LogP contribution in [0.3, 0.4) is 0 Å². The third-order valence-corrected chi connectivity index (χ3v) is 1.47. The number of hydrogen-bond donors (Lipinski definition) is 2. The van der Waals surface area contributed by atoms with Crippen molar-refractivity contribution in [2.24, 2.45) is 0 Å². The highest BCUT2D eigenvalue weighted by Gasteiger charge is 2.35. The lowest BCUT2D eigenvalue weighted by molar-refractivity contribution is -0.139. The zero-order chi connectivity index (χ0) is 9.07. The number of aliphatic hydroxyl groups is 1. The Morgan fingerprint density at radius 2 is 2.18 bits per heavy atom. The normalized spacial score (nSPS) is 13.6. The molecule has 62 valence electrons. The van der Waals surface area contributed by atoms with Gasteiger partial charge in [0.2, 0.25) is 0 Å². The summed E-state index contributed by atoms with van der Waals surface area (Å²) in [5.74, 6) is -1.09. The first-order valence-corrected chi connectivity index (χ1v) is 3.18. The van der Waals surface area contributed by atoms with E-state index in [1.165, 1.54) is 13.8 Å². The van der Waals surface area contributed by atoms with Gasteiger partial charge in [-0.15, -0.1) is 0 Å². The molecule has 0 aliphatic carbocycles. The first-order chi connectivity index (χ1) is 4.90. The average Bonchev–Trinajstić information content (AvgIpc) is 1.86. The molecule has 0 spiro atoms. The highest BCUT2D eigenvalue weighted by atomic mass is 16.4. The number of carboxylic acid groups (broad SMARTS) is 1. The second-order valence-electron chi connectivity index (χ2n) is 2.88. The highest BCUT2D eigenvalue weighted by Crippen LogP contribution is 2.16. The molecule has 0 aromatic rings. The van der Waals surface area contributed by atoms with Crippen LogP contribution in [0, 0.1) is 6.57 Å². The summed E-state index contributed by atoms with van der Waals surface area (Å²) >= 11 is 0. The Kier molecular flexibility index (Phi) is 3.02. The monoisotopic (exact) mass is 157 g/mol. The summed E-state index contributed by atoms with van der Waals surface area (Å²) in [6, 6.07) is 0. The third kappa shape index (κ3) is 3.01. The number of nitrogens with zero attached hydrogens (tertiary/aromatic N) is 1. The van der Waals surface area contributed by atoms with E-state index in [-0.39, 0.29) is 6.42 Å². The van der Waals surface area contributed by atoms with Crippen LogP contribution in [0.5, 0.6) is 0 Å². The first-order valence-electron chi connectivity index (χ1n) is 3.18. The standard InChI is InChI=1S/C7H11NO3/c1-7(2,8-3)5(9)4-6(10)11/h5,9H,4H2,1-2H3,(H,10,11). The van der Waals surface area contributed by atoms with E-state index in [0.29, 0.717) is 0 Å². The number of hydrogen-bond acceptors (Lipinski definition) is 2. The Morgan fingerprint density at radius 1 is 1.73 bits per heavy atom. The Morgan fingerprint density at radius 3 is 2.45 bits per heavy atom. The number of rotatable bonds is 3. The van der Waals surface area contributed by atoms with Gasteiger partial charge in [0.15, 0.2) is 0 Å². The first kappa shape index (κ1) is 9.92. The second kappa shape index (κ2) is 3.35. The van der Waals surface area contributed by atoms with E-state index in [0.717, 1.165) is 0 Å². The van der Waals surface area contributed by atoms with E-state index in [1.54, 1.807) is 0 Å². The molecule has 0 heterocycles. The number of aliphatic hydroxyl groups excluding tert-OH is 1. The number of carbonyl (C=O) groups is 1. The van der Waals surface area contributed by atoms with Crippen molar-refractivity contribution < 1.29 is 15.0 Å². The molecule has 2 N–H and O–H groups in total. The molecule has 1 atom stereocenters. The molecule has 11 heavy (non-hydrogen) atoms. The molecule has 0 fully saturated rings. The van der Waals surface area contributed by atoms with Crippen molar-refractivity contribution in [3.8, 4) is 0 Å². The van der Waals surface area contributed by atoms with Gasteiger partial charge in [-0.25, -0.2) is 6.57 Å². The predicted molar refractivity (Wildman–Crippen MR) is 38.9 cm³/mol. The molecule has 0 aliphatic rings. The van der Waals surface area contributed by atoms with Crippen LogP contribution in [0.4, 0.5) is 0 Å².